The van der Waals surface area contributed by atoms with Crippen LogP contribution in [-0.4, -0.2) is 46.4 Å². The van der Waals surface area contributed by atoms with E-state index in [2.05, 4.69) is 17.0 Å². The van der Waals surface area contributed by atoms with Gasteiger partial charge in [-0.05, 0) is 24.0 Å². The van der Waals surface area contributed by atoms with Gasteiger partial charge in [-0.3, -0.25) is 9.69 Å². The molecular formula is C24H29NO4. The van der Waals surface area contributed by atoms with E-state index in [0.29, 0.717) is 24.9 Å². The maximum absolute atomic E-state index is 11.9. The Kier molecular flexibility index (Phi) is 6.11. The number of Topliss-reactive ketones (excluding diaryl/α,β-unsaturated/α-hetero) is 1. The predicted octanol–water partition coefficient (Wildman–Crippen LogP) is 2.85. The van der Waals surface area contributed by atoms with Gasteiger partial charge >= 0.3 is 0 Å². The van der Waals surface area contributed by atoms with E-state index in [9.17, 15) is 15.0 Å². The summed E-state index contributed by atoms with van der Waals surface area (Å²) in [5.41, 5.74) is 0.269. The number of aliphatic hydroxyl groups excluding tert-OH is 1. The van der Waals surface area contributed by atoms with E-state index in [1.54, 1.807) is 12.1 Å². The molecule has 1 saturated heterocycles. The van der Waals surface area contributed by atoms with Crippen molar-refractivity contribution in [1.29, 1.82) is 0 Å². The van der Waals surface area contributed by atoms with E-state index in [1.165, 1.54) is 5.56 Å². The zero-order valence-corrected chi connectivity index (χ0v) is 16.6. The van der Waals surface area contributed by atoms with Crippen LogP contribution < -0.4 is 0 Å². The molecule has 29 heavy (non-hydrogen) atoms. The maximum atomic E-state index is 11.9. The minimum absolute atomic E-state index is 0.131. The van der Waals surface area contributed by atoms with E-state index < -0.39 is 11.9 Å². The fourth-order valence-corrected chi connectivity index (χ4v) is 4.65. The van der Waals surface area contributed by atoms with E-state index in [-0.39, 0.29) is 24.2 Å². The van der Waals surface area contributed by atoms with Crippen molar-refractivity contribution in [3.63, 3.8) is 0 Å². The number of hydrogen-bond acceptors (Lipinski definition) is 5. The van der Waals surface area contributed by atoms with Crippen molar-refractivity contribution in [1.82, 2.24) is 4.90 Å². The molecule has 154 valence electrons. The van der Waals surface area contributed by atoms with E-state index in [0.717, 1.165) is 19.5 Å². The zero-order valence-electron chi connectivity index (χ0n) is 16.6. The number of nitrogens with zero attached hydrogens (tertiary/aromatic N) is 1. The Morgan fingerprint density at radius 3 is 2.41 bits per heavy atom. The van der Waals surface area contributed by atoms with Crippen molar-refractivity contribution in [2.75, 3.05) is 13.1 Å². The molecule has 0 amide bonds. The molecule has 0 radical (unpaired) electrons. The van der Waals surface area contributed by atoms with E-state index >= 15 is 0 Å². The fraction of sp³-hybridized carbons (Fsp3) is 0.458. The second-order valence-corrected chi connectivity index (χ2v) is 8.29. The van der Waals surface area contributed by atoms with Crippen LogP contribution in [0, 0.1) is 5.92 Å². The smallest absolute Gasteiger partial charge is 0.188 e. The first-order chi connectivity index (χ1) is 14.1. The first-order valence-corrected chi connectivity index (χ1v) is 10.4. The van der Waals surface area contributed by atoms with Crippen molar-refractivity contribution in [3.05, 3.63) is 71.8 Å². The monoisotopic (exact) mass is 395 g/mol. The van der Waals surface area contributed by atoms with Gasteiger partial charge in [0.2, 0.25) is 0 Å². The number of benzene rings is 2. The highest BCUT2D eigenvalue weighted by atomic mass is 16.6. The molecule has 2 aliphatic rings. The lowest BCUT2D eigenvalue weighted by Crippen LogP contribution is -2.48. The number of aliphatic hydroxyl groups is 2. The van der Waals surface area contributed by atoms with Crippen LogP contribution in [0.25, 0.3) is 0 Å². The minimum Gasteiger partial charge on any atom is -0.380 e. The summed E-state index contributed by atoms with van der Waals surface area (Å²) in [6.45, 7) is 2.44. The Hall–Kier alpha value is -2.05. The largest absolute Gasteiger partial charge is 0.380 e. The van der Waals surface area contributed by atoms with Gasteiger partial charge < -0.3 is 14.9 Å². The highest BCUT2D eigenvalue weighted by Crippen LogP contribution is 2.42. The lowest BCUT2D eigenvalue weighted by molar-refractivity contribution is -0.253. The Labute approximate surface area is 171 Å². The Bertz CT molecular complexity index is 812. The van der Waals surface area contributed by atoms with Gasteiger partial charge in [0.05, 0.1) is 6.10 Å². The third kappa shape index (κ3) is 4.43. The van der Waals surface area contributed by atoms with Gasteiger partial charge in [-0.2, -0.15) is 0 Å². The van der Waals surface area contributed by atoms with Crippen molar-refractivity contribution in [2.45, 2.75) is 50.2 Å². The number of carbonyl (C=O) groups excluding carboxylic acids is 1. The third-order valence-electron chi connectivity index (χ3n) is 6.28. The summed E-state index contributed by atoms with van der Waals surface area (Å²) in [4.78, 5) is 14.2. The molecule has 1 saturated carbocycles. The molecule has 0 bridgehead atoms. The van der Waals surface area contributed by atoms with Gasteiger partial charge in [0.15, 0.2) is 6.29 Å². The van der Waals surface area contributed by atoms with Gasteiger partial charge in [0.25, 0.3) is 0 Å². The number of likely N-dealkylation sites (tertiary alicyclic amines) is 1. The van der Waals surface area contributed by atoms with Gasteiger partial charge in [0.1, 0.15) is 11.4 Å². The van der Waals surface area contributed by atoms with Gasteiger partial charge in [-0.15, -0.1) is 0 Å². The highest BCUT2D eigenvalue weighted by molar-refractivity contribution is 5.80. The molecule has 1 aliphatic carbocycles. The molecule has 5 heteroatoms. The molecule has 0 aromatic heterocycles. The molecule has 1 aliphatic heterocycles. The van der Waals surface area contributed by atoms with Crippen LogP contribution in [0.4, 0.5) is 0 Å². The molecule has 1 heterocycles. The SMILES string of the molecule is O=C1CCC(C(O)(c2ccccc2)C(O)O[C@H]2CCN(Cc3ccccc3)C2)C1. The molecule has 2 N–H and O–H groups in total. The predicted molar refractivity (Wildman–Crippen MR) is 110 cm³/mol. The summed E-state index contributed by atoms with van der Waals surface area (Å²) in [5.74, 6) is -0.208. The quantitative estimate of drug-likeness (QED) is 0.706. The normalized spacial score (nSPS) is 25.8. The summed E-state index contributed by atoms with van der Waals surface area (Å²) in [7, 11) is 0. The summed E-state index contributed by atoms with van der Waals surface area (Å²) < 4.78 is 6.00. The topological polar surface area (TPSA) is 70.0 Å². The summed E-state index contributed by atoms with van der Waals surface area (Å²) >= 11 is 0. The number of ketones is 1. The van der Waals surface area contributed by atoms with Crippen LogP contribution in [-0.2, 0) is 21.7 Å². The maximum Gasteiger partial charge on any atom is 0.188 e. The summed E-state index contributed by atoms with van der Waals surface area (Å²) in [6.07, 6.45) is 0.564. The first kappa shape index (κ1) is 20.2. The summed E-state index contributed by atoms with van der Waals surface area (Å²) in [5, 5.41) is 22.6. The number of ether oxygens (including phenoxy) is 1. The average Bonchev–Trinajstić information content (AvgIpc) is 3.38. The van der Waals surface area contributed by atoms with E-state index in [1.807, 2.05) is 36.4 Å². The van der Waals surface area contributed by atoms with Gasteiger partial charge in [0, 0.05) is 38.4 Å². The van der Waals surface area contributed by atoms with Gasteiger partial charge in [-0.1, -0.05) is 60.7 Å². The van der Waals surface area contributed by atoms with Crippen LogP contribution >= 0.6 is 0 Å². The van der Waals surface area contributed by atoms with Crippen LogP contribution in [0.2, 0.25) is 0 Å². The van der Waals surface area contributed by atoms with Crippen molar-refractivity contribution in [3.8, 4) is 0 Å². The fourth-order valence-electron chi connectivity index (χ4n) is 4.65. The van der Waals surface area contributed by atoms with Crippen LogP contribution in [0.5, 0.6) is 0 Å². The molecule has 2 fully saturated rings. The Morgan fingerprint density at radius 2 is 1.76 bits per heavy atom. The first-order valence-electron chi connectivity index (χ1n) is 10.4. The molecule has 4 atom stereocenters. The Morgan fingerprint density at radius 1 is 1.07 bits per heavy atom. The molecule has 5 nitrogen and oxygen atoms in total. The second-order valence-electron chi connectivity index (χ2n) is 8.29. The van der Waals surface area contributed by atoms with Crippen LogP contribution in [0.1, 0.15) is 36.8 Å². The summed E-state index contributed by atoms with van der Waals surface area (Å²) in [6, 6.07) is 19.4. The van der Waals surface area contributed by atoms with Crippen molar-refractivity contribution < 1.29 is 19.7 Å². The molecule has 2 aromatic carbocycles. The highest BCUT2D eigenvalue weighted by Gasteiger charge is 2.49. The third-order valence-corrected chi connectivity index (χ3v) is 6.28. The van der Waals surface area contributed by atoms with Crippen LogP contribution in [0.15, 0.2) is 60.7 Å². The molecule has 2 aromatic rings. The molecule has 0 spiro atoms. The zero-order chi connectivity index (χ0) is 20.3. The van der Waals surface area contributed by atoms with Crippen LogP contribution in [0.3, 0.4) is 0 Å². The van der Waals surface area contributed by atoms with E-state index in [4.69, 9.17) is 4.74 Å². The lowest BCUT2D eigenvalue weighted by atomic mass is 9.79. The number of hydrogen-bond donors (Lipinski definition) is 2. The standard InChI is InChI=1S/C24H29NO4/c26-21-12-11-20(15-21)24(28,19-9-5-2-6-10-19)23(27)29-22-13-14-25(17-22)16-18-7-3-1-4-8-18/h1-10,20,22-23,27-28H,11-17H2/t20?,22-,23?,24?/m0/s1. The number of carbonyl (C=O) groups is 1. The molecule has 3 unspecified atom stereocenters. The molecular weight excluding hydrogens is 366 g/mol. The lowest BCUT2D eigenvalue weighted by Gasteiger charge is -2.39. The second kappa shape index (κ2) is 8.76. The Balaban J connectivity index is 1.44. The number of rotatable bonds is 7. The minimum atomic E-state index is -1.58. The van der Waals surface area contributed by atoms with Gasteiger partial charge in [-0.25, -0.2) is 0 Å². The van der Waals surface area contributed by atoms with Crippen molar-refractivity contribution >= 4 is 5.78 Å². The van der Waals surface area contributed by atoms with Crippen molar-refractivity contribution in [2.24, 2.45) is 5.92 Å². The average molecular weight is 395 g/mol. The molecule has 4 rings (SSSR count).